The predicted molar refractivity (Wildman–Crippen MR) is 117 cm³/mol. The van der Waals surface area contributed by atoms with Gasteiger partial charge in [0.15, 0.2) is 8.32 Å². The molecule has 0 N–H and O–H groups in total. The quantitative estimate of drug-likeness (QED) is 0.622. The Hall–Kier alpha value is -1.43. The molecule has 0 saturated carbocycles. The number of methoxy groups -OCH3 is 1. The minimum Gasteiger partial charge on any atom is -0.497 e. The number of piperidine rings is 3. The summed E-state index contributed by atoms with van der Waals surface area (Å²) in [6, 6.07) is 8.82. The van der Waals surface area contributed by atoms with Crippen molar-refractivity contribution in [1.29, 1.82) is 0 Å². The lowest BCUT2D eigenvalue weighted by atomic mass is 9.72. The van der Waals surface area contributed by atoms with Crippen LogP contribution in [0.4, 0.5) is 0 Å². The molecular weight excluding hydrogens is 364 g/mol. The molecule has 4 nitrogen and oxygen atoms in total. The van der Waals surface area contributed by atoms with Crippen molar-refractivity contribution in [3.63, 3.8) is 0 Å². The van der Waals surface area contributed by atoms with E-state index in [1.54, 1.807) is 7.11 Å². The molecule has 4 heterocycles. The highest BCUT2D eigenvalue weighted by atomic mass is 28.4. The molecule has 3 saturated heterocycles. The van der Waals surface area contributed by atoms with Gasteiger partial charge in [0.25, 0.3) is 0 Å². The van der Waals surface area contributed by atoms with E-state index < -0.39 is 8.32 Å². The molecule has 3 aliphatic heterocycles. The molecule has 152 valence electrons. The van der Waals surface area contributed by atoms with Gasteiger partial charge in [0.1, 0.15) is 5.75 Å². The van der Waals surface area contributed by atoms with Crippen LogP contribution < -0.4 is 4.74 Å². The largest absolute Gasteiger partial charge is 0.497 e. The van der Waals surface area contributed by atoms with E-state index in [0.717, 1.165) is 23.1 Å². The first-order chi connectivity index (χ1) is 13.4. The van der Waals surface area contributed by atoms with Gasteiger partial charge in [0.2, 0.25) is 0 Å². The number of hydrogen-bond acceptors (Lipinski definition) is 4. The van der Waals surface area contributed by atoms with Gasteiger partial charge in [-0.1, -0.05) is 13.3 Å². The first-order valence-corrected chi connectivity index (χ1v) is 14.1. The number of aromatic nitrogens is 1. The normalized spacial score (nSPS) is 28.5. The fourth-order valence-electron chi connectivity index (χ4n) is 5.21. The number of ether oxygens (including phenoxy) is 1. The fourth-order valence-corrected chi connectivity index (χ4v) is 6.25. The summed E-state index contributed by atoms with van der Waals surface area (Å²) in [4.78, 5) is 7.31. The highest BCUT2D eigenvalue weighted by molar-refractivity contribution is 6.69. The summed E-state index contributed by atoms with van der Waals surface area (Å²) in [5.74, 6) is 2.58. The van der Waals surface area contributed by atoms with Gasteiger partial charge in [-0.15, -0.1) is 0 Å². The average molecular weight is 399 g/mol. The second-order valence-electron chi connectivity index (χ2n) is 9.45. The predicted octanol–water partition coefficient (Wildman–Crippen LogP) is 5.26. The van der Waals surface area contributed by atoms with E-state index >= 15 is 0 Å². The van der Waals surface area contributed by atoms with Gasteiger partial charge in [-0.25, -0.2) is 0 Å². The van der Waals surface area contributed by atoms with E-state index in [1.807, 2.05) is 12.3 Å². The van der Waals surface area contributed by atoms with Crippen molar-refractivity contribution in [2.75, 3.05) is 20.2 Å². The molecule has 2 bridgehead atoms. The lowest BCUT2D eigenvalue weighted by molar-refractivity contribution is -0.0505. The molecule has 1 aromatic carbocycles. The zero-order valence-corrected chi connectivity index (χ0v) is 18.9. The molecule has 0 amide bonds. The number of rotatable bonds is 6. The first-order valence-electron chi connectivity index (χ1n) is 10.7. The Kier molecular flexibility index (Phi) is 5.51. The van der Waals surface area contributed by atoms with E-state index in [9.17, 15) is 0 Å². The summed E-state index contributed by atoms with van der Waals surface area (Å²) < 4.78 is 12.4. The first kappa shape index (κ1) is 19.9. The van der Waals surface area contributed by atoms with Gasteiger partial charge in [0.05, 0.1) is 18.7 Å². The maximum absolute atomic E-state index is 6.90. The fraction of sp³-hybridized carbons (Fsp3) is 0.609. The van der Waals surface area contributed by atoms with Gasteiger partial charge in [-0.05, 0) is 80.7 Å². The van der Waals surface area contributed by atoms with Crippen LogP contribution in [0.5, 0.6) is 5.75 Å². The van der Waals surface area contributed by atoms with Crippen LogP contribution in [0, 0.1) is 11.8 Å². The molecule has 1 unspecified atom stereocenters. The Morgan fingerprint density at radius 2 is 2.07 bits per heavy atom. The maximum Gasteiger partial charge on any atom is 0.184 e. The van der Waals surface area contributed by atoms with Crippen molar-refractivity contribution in [3.8, 4) is 5.75 Å². The third kappa shape index (κ3) is 3.85. The van der Waals surface area contributed by atoms with Crippen molar-refractivity contribution >= 4 is 19.2 Å². The van der Waals surface area contributed by atoms with Crippen molar-refractivity contribution in [1.82, 2.24) is 9.88 Å². The summed E-state index contributed by atoms with van der Waals surface area (Å²) in [6.07, 6.45) is 5.93. The van der Waals surface area contributed by atoms with Crippen LogP contribution in [0.3, 0.4) is 0 Å². The van der Waals surface area contributed by atoms with Crippen molar-refractivity contribution < 1.29 is 9.16 Å². The minimum absolute atomic E-state index is 0.102. The second kappa shape index (κ2) is 7.77. The Morgan fingerprint density at radius 1 is 1.25 bits per heavy atom. The van der Waals surface area contributed by atoms with Crippen LogP contribution in [-0.2, 0) is 4.43 Å². The minimum atomic E-state index is -1.73. The Bertz CT molecular complexity index is 835. The third-order valence-corrected chi connectivity index (χ3v) is 7.54. The topological polar surface area (TPSA) is 34.6 Å². The van der Waals surface area contributed by atoms with Gasteiger partial charge in [-0.2, -0.15) is 0 Å². The van der Waals surface area contributed by atoms with E-state index in [4.69, 9.17) is 9.16 Å². The van der Waals surface area contributed by atoms with E-state index in [-0.39, 0.29) is 6.10 Å². The van der Waals surface area contributed by atoms with E-state index in [2.05, 4.69) is 54.6 Å². The number of fused-ring (bicyclic) bond motifs is 4. The molecular formula is C23H34N2O2Si. The molecule has 1 aromatic heterocycles. The third-order valence-electron chi connectivity index (χ3n) is 6.58. The number of nitrogens with zero attached hydrogens (tertiary/aromatic N) is 2. The van der Waals surface area contributed by atoms with Crippen LogP contribution in [0.1, 0.15) is 37.9 Å². The van der Waals surface area contributed by atoms with Crippen molar-refractivity contribution in [3.05, 3.63) is 36.0 Å². The molecule has 3 aliphatic rings. The summed E-state index contributed by atoms with van der Waals surface area (Å²) in [7, 11) is -0.00132. The number of hydrogen-bond donors (Lipinski definition) is 0. The molecule has 5 rings (SSSR count). The van der Waals surface area contributed by atoms with E-state index in [1.165, 1.54) is 43.3 Å². The number of benzene rings is 1. The molecule has 3 fully saturated rings. The standard InChI is InChI=1S/C23H34N2O2Si/c1-6-16-15-25-12-10-17(16)13-22(25)23(27-28(3,4)5)19-9-11-24-21-8-7-18(26-2)14-20(19)21/h7-9,11,14,16-17,22-23H,6,10,12-13,15H2,1-5H3/t16-,17-,22-,23+/m0/s1. The molecule has 2 aromatic rings. The van der Waals surface area contributed by atoms with Crippen LogP contribution >= 0.6 is 0 Å². The van der Waals surface area contributed by atoms with Gasteiger partial charge < -0.3 is 9.16 Å². The van der Waals surface area contributed by atoms with Crippen molar-refractivity contribution in [2.24, 2.45) is 11.8 Å². The second-order valence-corrected chi connectivity index (χ2v) is 13.9. The average Bonchev–Trinajstić information content (AvgIpc) is 2.70. The lowest BCUT2D eigenvalue weighted by Crippen LogP contribution is -2.56. The molecule has 0 spiro atoms. The molecule has 0 radical (unpaired) electrons. The van der Waals surface area contributed by atoms with Crippen LogP contribution in [0.15, 0.2) is 30.5 Å². The summed E-state index contributed by atoms with van der Waals surface area (Å²) in [5.41, 5.74) is 2.29. The van der Waals surface area contributed by atoms with Crippen molar-refractivity contribution in [2.45, 2.75) is 58.0 Å². The highest BCUT2D eigenvalue weighted by Crippen LogP contribution is 2.44. The zero-order valence-electron chi connectivity index (χ0n) is 17.9. The summed E-state index contributed by atoms with van der Waals surface area (Å²) in [5, 5.41) is 1.17. The summed E-state index contributed by atoms with van der Waals surface area (Å²) >= 11 is 0. The van der Waals surface area contributed by atoms with Gasteiger partial charge >= 0.3 is 0 Å². The molecule has 5 heteroatoms. The smallest absolute Gasteiger partial charge is 0.184 e. The Morgan fingerprint density at radius 3 is 2.71 bits per heavy atom. The van der Waals surface area contributed by atoms with Crippen LogP contribution in [0.25, 0.3) is 10.9 Å². The SMILES string of the molecule is CC[C@H]1CN2CC[C@H]1C[C@H]2[C@H](O[Si](C)(C)C)c1ccnc2ccc(OC)cc12. The van der Waals surface area contributed by atoms with Crippen LogP contribution in [0.2, 0.25) is 19.6 Å². The van der Waals surface area contributed by atoms with E-state index in [0.29, 0.717) is 6.04 Å². The highest BCUT2D eigenvalue weighted by Gasteiger charge is 2.44. The zero-order chi connectivity index (χ0) is 19.9. The molecule has 28 heavy (non-hydrogen) atoms. The number of pyridine rings is 1. The van der Waals surface area contributed by atoms with Crippen LogP contribution in [-0.4, -0.2) is 44.4 Å². The molecule has 5 atom stereocenters. The maximum atomic E-state index is 6.90. The lowest BCUT2D eigenvalue weighted by Gasteiger charge is -2.52. The molecule has 0 aliphatic carbocycles. The Balaban J connectivity index is 1.77. The summed E-state index contributed by atoms with van der Waals surface area (Å²) in [6.45, 7) is 11.7. The van der Waals surface area contributed by atoms with Gasteiger partial charge in [0, 0.05) is 24.2 Å². The Labute approximate surface area is 170 Å². The monoisotopic (exact) mass is 398 g/mol. The van der Waals surface area contributed by atoms with Gasteiger partial charge in [-0.3, -0.25) is 9.88 Å².